The Morgan fingerprint density at radius 3 is 2.62 bits per heavy atom. The molecule has 2 rings (SSSR count). The number of nitrogens with zero attached hydrogens (tertiary/aromatic N) is 1. The van der Waals surface area contributed by atoms with E-state index in [1.807, 2.05) is 0 Å². The van der Waals surface area contributed by atoms with E-state index in [-0.39, 0.29) is 17.1 Å². The second-order valence-electron chi connectivity index (χ2n) is 3.98. The summed E-state index contributed by atoms with van der Waals surface area (Å²) < 4.78 is 30.8. The highest BCUT2D eigenvalue weighted by atomic mass is 19.1. The van der Waals surface area contributed by atoms with Gasteiger partial charge in [0.05, 0.1) is 12.7 Å². The lowest BCUT2D eigenvalue weighted by molar-refractivity contribution is 0.0594. The second kappa shape index (κ2) is 6.08. The summed E-state index contributed by atoms with van der Waals surface area (Å²) in [5.41, 5.74) is -0.337. The number of hydrogen-bond donors (Lipinski definition) is 1. The van der Waals surface area contributed by atoms with Crippen LogP contribution in [-0.4, -0.2) is 24.0 Å². The Kier molecular flexibility index (Phi) is 4.22. The summed E-state index contributed by atoms with van der Waals surface area (Å²) in [6.45, 7) is 0. The lowest BCUT2D eigenvalue weighted by Crippen LogP contribution is -2.16. The van der Waals surface area contributed by atoms with E-state index in [9.17, 15) is 18.4 Å². The number of rotatable bonds is 3. The number of carbonyl (C=O) groups excluding carboxylic acids is 2. The summed E-state index contributed by atoms with van der Waals surface area (Å²) in [7, 11) is 1.20. The molecule has 2 aromatic rings. The molecule has 5 nitrogen and oxygen atoms in total. The summed E-state index contributed by atoms with van der Waals surface area (Å²) in [5.74, 6) is -3.20. The van der Waals surface area contributed by atoms with Crippen molar-refractivity contribution in [2.75, 3.05) is 12.4 Å². The third-order valence-electron chi connectivity index (χ3n) is 2.56. The Bertz CT molecular complexity index is 704. The minimum absolute atomic E-state index is 0.00474. The molecule has 7 heteroatoms. The average molecular weight is 292 g/mol. The van der Waals surface area contributed by atoms with Crippen LogP contribution in [0.25, 0.3) is 0 Å². The number of aromatic nitrogens is 1. The molecular weight excluding hydrogens is 282 g/mol. The zero-order valence-electron chi connectivity index (χ0n) is 10.9. The molecule has 0 atom stereocenters. The van der Waals surface area contributed by atoms with Crippen molar-refractivity contribution >= 4 is 17.7 Å². The molecule has 21 heavy (non-hydrogen) atoms. The fourth-order valence-corrected chi connectivity index (χ4v) is 1.58. The van der Waals surface area contributed by atoms with Crippen molar-refractivity contribution in [1.82, 2.24) is 4.98 Å². The van der Waals surface area contributed by atoms with Crippen LogP contribution in [0.4, 0.5) is 14.6 Å². The summed E-state index contributed by atoms with van der Waals surface area (Å²) in [6, 6.07) is 6.90. The first-order chi connectivity index (χ1) is 10.0. The van der Waals surface area contributed by atoms with Crippen molar-refractivity contribution in [2.24, 2.45) is 0 Å². The van der Waals surface area contributed by atoms with Crippen LogP contribution in [0, 0.1) is 11.6 Å². The number of esters is 1. The van der Waals surface area contributed by atoms with Gasteiger partial charge in [-0.05, 0) is 24.3 Å². The molecule has 1 heterocycles. The van der Waals surface area contributed by atoms with E-state index >= 15 is 0 Å². The van der Waals surface area contributed by atoms with Gasteiger partial charge in [0.15, 0.2) is 5.69 Å². The van der Waals surface area contributed by atoms with Gasteiger partial charge in [0.2, 0.25) is 0 Å². The first kappa shape index (κ1) is 14.6. The number of benzene rings is 1. The van der Waals surface area contributed by atoms with Crippen LogP contribution in [-0.2, 0) is 4.74 Å². The number of carbonyl (C=O) groups is 2. The summed E-state index contributed by atoms with van der Waals surface area (Å²) in [6.07, 6.45) is 0. The number of nitrogens with one attached hydrogen (secondary N) is 1. The number of pyridine rings is 1. The van der Waals surface area contributed by atoms with E-state index in [0.29, 0.717) is 6.07 Å². The number of methoxy groups -OCH3 is 1. The molecule has 0 saturated heterocycles. The van der Waals surface area contributed by atoms with Crippen LogP contribution in [0.3, 0.4) is 0 Å². The Hall–Kier alpha value is -2.83. The van der Waals surface area contributed by atoms with Crippen molar-refractivity contribution in [3.05, 3.63) is 59.3 Å². The van der Waals surface area contributed by atoms with Crippen molar-refractivity contribution in [3.8, 4) is 0 Å². The van der Waals surface area contributed by atoms with Crippen molar-refractivity contribution in [2.45, 2.75) is 0 Å². The van der Waals surface area contributed by atoms with Gasteiger partial charge in [-0.1, -0.05) is 6.07 Å². The predicted molar refractivity (Wildman–Crippen MR) is 69.9 cm³/mol. The molecule has 0 aliphatic rings. The lowest BCUT2D eigenvalue weighted by atomic mass is 10.2. The molecule has 1 aromatic heterocycles. The normalized spacial score (nSPS) is 10.0. The predicted octanol–water partition coefficient (Wildman–Crippen LogP) is 2.40. The molecule has 1 aromatic carbocycles. The molecule has 1 amide bonds. The Morgan fingerprint density at radius 2 is 1.95 bits per heavy atom. The number of anilines is 1. The van der Waals surface area contributed by atoms with Crippen molar-refractivity contribution in [3.63, 3.8) is 0 Å². The maximum absolute atomic E-state index is 13.5. The van der Waals surface area contributed by atoms with Gasteiger partial charge in [-0.2, -0.15) is 0 Å². The van der Waals surface area contributed by atoms with Gasteiger partial charge in [0.25, 0.3) is 5.91 Å². The molecule has 0 radical (unpaired) electrons. The molecule has 0 bridgehead atoms. The minimum Gasteiger partial charge on any atom is -0.464 e. The minimum atomic E-state index is -0.989. The molecule has 0 fully saturated rings. The van der Waals surface area contributed by atoms with Gasteiger partial charge in [-0.3, -0.25) is 4.79 Å². The van der Waals surface area contributed by atoms with Crippen LogP contribution in [0.2, 0.25) is 0 Å². The largest absolute Gasteiger partial charge is 0.464 e. The fraction of sp³-hybridized carbons (Fsp3) is 0.0714. The van der Waals surface area contributed by atoms with E-state index in [0.717, 1.165) is 12.1 Å². The molecule has 0 aliphatic heterocycles. The van der Waals surface area contributed by atoms with Crippen LogP contribution >= 0.6 is 0 Å². The number of halogens is 2. The molecular formula is C14H10F2N2O3. The van der Waals surface area contributed by atoms with Crippen molar-refractivity contribution in [1.29, 1.82) is 0 Å². The average Bonchev–Trinajstić information content (AvgIpc) is 2.46. The maximum Gasteiger partial charge on any atom is 0.356 e. The van der Waals surface area contributed by atoms with Crippen LogP contribution in [0.1, 0.15) is 20.8 Å². The third-order valence-corrected chi connectivity index (χ3v) is 2.56. The van der Waals surface area contributed by atoms with E-state index in [1.54, 1.807) is 0 Å². The highest BCUT2D eigenvalue weighted by Crippen LogP contribution is 2.12. The van der Waals surface area contributed by atoms with Gasteiger partial charge >= 0.3 is 5.97 Å². The van der Waals surface area contributed by atoms with Gasteiger partial charge < -0.3 is 10.1 Å². The number of amides is 1. The van der Waals surface area contributed by atoms with Crippen molar-refractivity contribution < 1.29 is 23.1 Å². The monoisotopic (exact) mass is 292 g/mol. The van der Waals surface area contributed by atoms with E-state index in [2.05, 4.69) is 15.0 Å². The van der Waals surface area contributed by atoms with Crippen LogP contribution in [0.15, 0.2) is 36.4 Å². The smallest absolute Gasteiger partial charge is 0.356 e. The summed E-state index contributed by atoms with van der Waals surface area (Å²) in [4.78, 5) is 27.0. The molecule has 0 spiro atoms. The molecule has 0 unspecified atom stereocenters. The lowest BCUT2D eigenvalue weighted by Gasteiger charge is -2.06. The zero-order valence-corrected chi connectivity index (χ0v) is 10.9. The molecule has 108 valence electrons. The third kappa shape index (κ3) is 3.38. The van der Waals surface area contributed by atoms with E-state index in [4.69, 9.17) is 0 Å². The number of ether oxygens (including phenoxy) is 1. The quantitative estimate of drug-likeness (QED) is 0.882. The van der Waals surface area contributed by atoms with E-state index in [1.165, 1.54) is 25.3 Å². The number of hydrogen-bond acceptors (Lipinski definition) is 4. The summed E-state index contributed by atoms with van der Waals surface area (Å²) in [5, 5.41) is 2.32. The molecule has 0 saturated carbocycles. The standard InChI is InChI=1S/C14H10F2N2O3/c1-21-14(20)11-3-2-4-12(17-11)18-13(19)9-6-5-8(15)7-10(9)16/h2-7H,1H3,(H,17,18,19). The van der Waals surface area contributed by atoms with Gasteiger partial charge in [-0.15, -0.1) is 0 Å². The SMILES string of the molecule is COC(=O)c1cccc(NC(=O)c2ccc(F)cc2F)n1. The first-order valence-electron chi connectivity index (χ1n) is 5.83. The fourth-order valence-electron chi connectivity index (χ4n) is 1.58. The molecule has 0 aliphatic carbocycles. The highest BCUT2D eigenvalue weighted by molar-refractivity contribution is 6.04. The zero-order chi connectivity index (χ0) is 15.4. The second-order valence-corrected chi connectivity index (χ2v) is 3.98. The first-order valence-corrected chi connectivity index (χ1v) is 5.83. The van der Waals surface area contributed by atoms with Crippen LogP contribution < -0.4 is 5.32 Å². The van der Waals surface area contributed by atoms with Gasteiger partial charge in [-0.25, -0.2) is 18.6 Å². The maximum atomic E-state index is 13.5. The molecule has 1 N–H and O–H groups in total. The van der Waals surface area contributed by atoms with E-state index < -0.39 is 23.5 Å². The summed E-state index contributed by atoms with van der Waals surface area (Å²) >= 11 is 0. The highest BCUT2D eigenvalue weighted by Gasteiger charge is 2.14. The Labute approximate surface area is 118 Å². The van der Waals surface area contributed by atoms with Gasteiger partial charge in [0, 0.05) is 6.07 Å². The Balaban J connectivity index is 2.21. The Morgan fingerprint density at radius 1 is 1.19 bits per heavy atom. The van der Waals surface area contributed by atoms with Gasteiger partial charge in [0.1, 0.15) is 17.5 Å². The van der Waals surface area contributed by atoms with Crippen LogP contribution in [0.5, 0.6) is 0 Å². The topological polar surface area (TPSA) is 68.3 Å².